The Bertz CT molecular complexity index is 756. The lowest BCUT2D eigenvalue weighted by Gasteiger charge is -2.37. The second-order valence-electron chi connectivity index (χ2n) is 7.61. The SMILES string of the molecule is COc1cc(C2(F)CCN(C(=O)OC(C)(C)C)CC2)ccc1C(=O)CC#N. The molecule has 1 aliphatic rings. The van der Waals surface area contributed by atoms with Crippen LogP contribution in [0.5, 0.6) is 5.75 Å². The van der Waals surface area contributed by atoms with Crippen LogP contribution in [0.3, 0.4) is 0 Å². The van der Waals surface area contributed by atoms with Gasteiger partial charge in [-0.05, 0) is 38.5 Å². The van der Waals surface area contributed by atoms with E-state index in [2.05, 4.69) is 0 Å². The fraction of sp³-hybridized carbons (Fsp3) is 0.550. The number of nitrogens with zero attached hydrogens (tertiary/aromatic N) is 2. The summed E-state index contributed by atoms with van der Waals surface area (Å²) in [5, 5.41) is 8.69. The van der Waals surface area contributed by atoms with Gasteiger partial charge in [0.15, 0.2) is 5.78 Å². The third kappa shape index (κ3) is 4.97. The molecule has 27 heavy (non-hydrogen) atoms. The Kier molecular flexibility index (Phi) is 6.09. The van der Waals surface area contributed by atoms with E-state index in [0.717, 1.165) is 0 Å². The summed E-state index contributed by atoms with van der Waals surface area (Å²) >= 11 is 0. The number of hydrogen-bond donors (Lipinski definition) is 0. The number of alkyl halides is 1. The van der Waals surface area contributed by atoms with E-state index < -0.39 is 17.4 Å². The number of benzene rings is 1. The first-order valence-corrected chi connectivity index (χ1v) is 8.85. The van der Waals surface area contributed by atoms with Crippen LogP contribution in [0.1, 0.15) is 56.0 Å². The summed E-state index contributed by atoms with van der Waals surface area (Å²) < 4.78 is 26.1. The molecule has 1 fully saturated rings. The molecule has 146 valence electrons. The minimum absolute atomic E-state index is 0.126. The lowest BCUT2D eigenvalue weighted by atomic mass is 9.85. The molecule has 0 unspecified atom stereocenters. The molecule has 1 amide bonds. The number of amides is 1. The highest BCUT2D eigenvalue weighted by atomic mass is 19.1. The van der Waals surface area contributed by atoms with E-state index in [-0.39, 0.29) is 49.4 Å². The Morgan fingerprint density at radius 1 is 1.30 bits per heavy atom. The largest absolute Gasteiger partial charge is 0.496 e. The Morgan fingerprint density at radius 3 is 2.44 bits per heavy atom. The van der Waals surface area contributed by atoms with Crippen molar-refractivity contribution >= 4 is 11.9 Å². The summed E-state index contributed by atoms with van der Waals surface area (Å²) in [6.07, 6.45) is -0.456. The van der Waals surface area contributed by atoms with Crippen LogP contribution < -0.4 is 4.74 Å². The monoisotopic (exact) mass is 376 g/mol. The zero-order valence-corrected chi connectivity index (χ0v) is 16.2. The second kappa shape index (κ2) is 7.95. The molecule has 2 rings (SSSR count). The van der Waals surface area contributed by atoms with Crippen LogP contribution in [0.25, 0.3) is 0 Å². The highest BCUT2D eigenvalue weighted by Crippen LogP contribution is 2.39. The number of halogens is 1. The van der Waals surface area contributed by atoms with Gasteiger partial charge in [0.1, 0.15) is 17.0 Å². The molecule has 6 nitrogen and oxygen atoms in total. The zero-order valence-electron chi connectivity index (χ0n) is 16.2. The van der Waals surface area contributed by atoms with E-state index in [1.54, 1.807) is 32.9 Å². The average Bonchev–Trinajstić information content (AvgIpc) is 2.60. The lowest BCUT2D eigenvalue weighted by molar-refractivity contribution is 0.00213. The molecule has 1 heterocycles. The van der Waals surface area contributed by atoms with Gasteiger partial charge in [0, 0.05) is 25.9 Å². The zero-order chi connectivity index (χ0) is 20.2. The third-order valence-electron chi connectivity index (χ3n) is 4.47. The molecule has 1 aromatic rings. The number of methoxy groups -OCH3 is 1. The van der Waals surface area contributed by atoms with Crippen molar-refractivity contribution in [1.29, 1.82) is 5.26 Å². The predicted octanol–water partition coefficient (Wildman–Crippen LogP) is 3.99. The summed E-state index contributed by atoms with van der Waals surface area (Å²) in [6.45, 7) is 5.84. The summed E-state index contributed by atoms with van der Waals surface area (Å²) in [5.41, 5.74) is -1.56. The molecule has 0 radical (unpaired) electrons. The number of carbonyl (C=O) groups is 2. The van der Waals surface area contributed by atoms with Crippen LogP contribution in [-0.4, -0.2) is 42.6 Å². The van der Waals surface area contributed by atoms with Gasteiger partial charge in [-0.15, -0.1) is 0 Å². The minimum Gasteiger partial charge on any atom is -0.496 e. The Labute approximate surface area is 158 Å². The van der Waals surface area contributed by atoms with Crippen LogP contribution in [0.4, 0.5) is 9.18 Å². The molecule has 1 aromatic carbocycles. The quantitative estimate of drug-likeness (QED) is 0.743. The number of likely N-dealkylation sites (tertiary alicyclic amines) is 1. The molecule has 1 aliphatic heterocycles. The number of rotatable bonds is 4. The van der Waals surface area contributed by atoms with E-state index in [1.807, 2.05) is 0 Å². The number of ketones is 1. The van der Waals surface area contributed by atoms with Gasteiger partial charge in [0.2, 0.25) is 0 Å². The number of hydrogen-bond acceptors (Lipinski definition) is 5. The van der Waals surface area contributed by atoms with Crippen LogP contribution in [0, 0.1) is 11.3 Å². The van der Waals surface area contributed by atoms with Crippen LogP contribution >= 0.6 is 0 Å². The predicted molar refractivity (Wildman–Crippen MR) is 97.4 cm³/mol. The average molecular weight is 376 g/mol. The Morgan fingerprint density at radius 2 is 1.93 bits per heavy atom. The topological polar surface area (TPSA) is 79.6 Å². The van der Waals surface area contributed by atoms with Crippen molar-refractivity contribution < 1.29 is 23.5 Å². The van der Waals surface area contributed by atoms with E-state index in [4.69, 9.17) is 14.7 Å². The highest BCUT2D eigenvalue weighted by Gasteiger charge is 2.39. The van der Waals surface area contributed by atoms with Crippen molar-refractivity contribution in [3.63, 3.8) is 0 Å². The van der Waals surface area contributed by atoms with Gasteiger partial charge in [0.25, 0.3) is 0 Å². The van der Waals surface area contributed by atoms with Crippen molar-refractivity contribution in [2.24, 2.45) is 0 Å². The van der Waals surface area contributed by atoms with Gasteiger partial charge in [-0.3, -0.25) is 4.79 Å². The van der Waals surface area contributed by atoms with Crippen molar-refractivity contribution in [1.82, 2.24) is 4.90 Å². The summed E-state index contributed by atoms with van der Waals surface area (Å²) in [5.74, 6) is -0.118. The highest BCUT2D eigenvalue weighted by molar-refractivity contribution is 5.99. The lowest BCUT2D eigenvalue weighted by Crippen LogP contribution is -2.45. The van der Waals surface area contributed by atoms with Crippen molar-refractivity contribution in [2.75, 3.05) is 20.2 Å². The molecule has 7 heteroatoms. The summed E-state index contributed by atoms with van der Waals surface area (Å²) in [7, 11) is 1.40. The molecule has 0 saturated carbocycles. The Hall–Kier alpha value is -2.62. The van der Waals surface area contributed by atoms with E-state index in [1.165, 1.54) is 24.1 Å². The number of Topliss-reactive ketones (excluding diaryl/α,β-unsaturated/α-hetero) is 1. The third-order valence-corrected chi connectivity index (χ3v) is 4.47. The normalized spacial score (nSPS) is 16.4. The molecule has 0 N–H and O–H groups in total. The van der Waals surface area contributed by atoms with Crippen molar-refractivity contribution in [2.45, 2.75) is 51.3 Å². The molecule has 0 bridgehead atoms. The first-order valence-electron chi connectivity index (χ1n) is 8.85. The maximum absolute atomic E-state index is 15.5. The van der Waals surface area contributed by atoms with Gasteiger partial charge in [-0.1, -0.05) is 6.07 Å². The smallest absolute Gasteiger partial charge is 0.410 e. The molecule has 0 aliphatic carbocycles. The number of piperidine rings is 1. The van der Waals surface area contributed by atoms with Gasteiger partial charge in [0.05, 0.1) is 25.2 Å². The standard InChI is InChI=1S/C20H25FN2O4/c1-19(2,3)27-18(25)23-11-8-20(21,9-12-23)14-5-6-15(16(24)7-10-22)17(13-14)26-4/h5-6,13H,7-9,11-12H2,1-4H3. The van der Waals surface area contributed by atoms with Crippen LogP contribution in [0.15, 0.2) is 18.2 Å². The van der Waals surface area contributed by atoms with Crippen molar-refractivity contribution in [3.05, 3.63) is 29.3 Å². The molecule has 0 spiro atoms. The first-order chi connectivity index (χ1) is 12.6. The fourth-order valence-electron chi connectivity index (χ4n) is 3.03. The second-order valence-corrected chi connectivity index (χ2v) is 7.61. The Balaban J connectivity index is 2.14. The minimum atomic E-state index is -1.62. The van der Waals surface area contributed by atoms with E-state index >= 15 is 4.39 Å². The van der Waals surface area contributed by atoms with Gasteiger partial charge in [-0.2, -0.15) is 5.26 Å². The molecule has 1 saturated heterocycles. The van der Waals surface area contributed by atoms with Gasteiger partial charge in [-0.25, -0.2) is 9.18 Å². The van der Waals surface area contributed by atoms with Crippen LogP contribution in [-0.2, 0) is 10.4 Å². The number of carbonyl (C=O) groups excluding carboxylic acids is 2. The fourth-order valence-corrected chi connectivity index (χ4v) is 3.03. The first kappa shape index (κ1) is 20.7. The van der Waals surface area contributed by atoms with E-state index in [0.29, 0.717) is 5.56 Å². The molecular formula is C20H25FN2O4. The van der Waals surface area contributed by atoms with Crippen LogP contribution in [0.2, 0.25) is 0 Å². The molecule has 0 aromatic heterocycles. The van der Waals surface area contributed by atoms with Crippen molar-refractivity contribution in [3.8, 4) is 11.8 Å². The van der Waals surface area contributed by atoms with Gasteiger partial charge < -0.3 is 14.4 Å². The van der Waals surface area contributed by atoms with Gasteiger partial charge >= 0.3 is 6.09 Å². The number of nitriles is 1. The maximum atomic E-state index is 15.5. The number of ether oxygens (including phenoxy) is 2. The maximum Gasteiger partial charge on any atom is 0.410 e. The van der Waals surface area contributed by atoms with E-state index in [9.17, 15) is 9.59 Å². The summed E-state index contributed by atoms with van der Waals surface area (Å²) in [4.78, 5) is 25.6. The molecular weight excluding hydrogens is 351 g/mol. The summed E-state index contributed by atoms with van der Waals surface area (Å²) in [6, 6.07) is 6.36. The molecule has 0 atom stereocenters.